The standard InChI is InChI=1S/2C18H20N4S/c2*1-22-7-6-12(11-22)15-10-20-16-5-4-13(9-14(15)16)21-18(19)17-3-2-8-23-17/h2*2-5,8-10,12,20H,6-7,11H2,1H3,(H2,19,21). The maximum atomic E-state index is 6.12. The molecule has 2 aliphatic heterocycles. The highest BCUT2D eigenvalue weighted by molar-refractivity contribution is 7.12. The molecule has 2 atom stereocenters. The molecule has 2 aliphatic rings. The Morgan fingerprint density at radius 2 is 1.15 bits per heavy atom. The molecule has 0 spiro atoms. The molecule has 0 saturated carbocycles. The van der Waals surface area contributed by atoms with E-state index in [-0.39, 0.29) is 0 Å². The molecule has 0 bridgehead atoms. The molecule has 2 fully saturated rings. The number of nitrogens with zero attached hydrogens (tertiary/aromatic N) is 4. The molecule has 6 aromatic rings. The molecule has 0 radical (unpaired) electrons. The van der Waals surface area contributed by atoms with Gasteiger partial charge >= 0.3 is 0 Å². The van der Waals surface area contributed by atoms with Gasteiger partial charge in [0.1, 0.15) is 11.7 Å². The predicted molar refractivity (Wildman–Crippen MR) is 196 cm³/mol. The first-order valence-corrected chi connectivity index (χ1v) is 17.5. The highest BCUT2D eigenvalue weighted by atomic mass is 32.1. The first-order valence-electron chi connectivity index (χ1n) is 15.8. The number of amidine groups is 2. The zero-order valence-corrected chi connectivity index (χ0v) is 27.9. The van der Waals surface area contributed by atoms with E-state index in [0.29, 0.717) is 23.5 Å². The smallest absolute Gasteiger partial charge is 0.141 e. The number of nitrogens with two attached hydrogens (primary N) is 2. The van der Waals surface area contributed by atoms with Gasteiger partial charge in [0.2, 0.25) is 0 Å². The highest BCUT2D eigenvalue weighted by Gasteiger charge is 2.24. The number of H-pyrrole nitrogens is 2. The summed E-state index contributed by atoms with van der Waals surface area (Å²) in [7, 11) is 4.37. The molecule has 0 amide bonds. The summed E-state index contributed by atoms with van der Waals surface area (Å²) in [5, 5.41) is 6.57. The van der Waals surface area contributed by atoms with Gasteiger partial charge < -0.3 is 31.2 Å². The fraction of sp³-hybridized carbons (Fsp3) is 0.278. The van der Waals surface area contributed by atoms with E-state index < -0.39 is 0 Å². The van der Waals surface area contributed by atoms with Crippen LogP contribution in [0, 0.1) is 0 Å². The van der Waals surface area contributed by atoms with Crippen molar-refractivity contribution in [3.05, 3.63) is 105 Å². The van der Waals surface area contributed by atoms with Crippen molar-refractivity contribution in [1.29, 1.82) is 0 Å². The lowest BCUT2D eigenvalue weighted by Crippen LogP contribution is -2.13. The highest BCUT2D eigenvalue weighted by Crippen LogP contribution is 2.35. The third-order valence-corrected chi connectivity index (χ3v) is 10.9. The second kappa shape index (κ2) is 13.3. The van der Waals surface area contributed by atoms with E-state index >= 15 is 0 Å². The molecule has 2 saturated heterocycles. The molecule has 6 N–H and O–H groups in total. The Hall–Kier alpha value is -4.22. The van der Waals surface area contributed by atoms with Crippen LogP contribution in [0.5, 0.6) is 0 Å². The minimum absolute atomic E-state index is 0.581. The van der Waals surface area contributed by atoms with Crippen LogP contribution in [0.15, 0.2) is 93.8 Å². The Labute approximate surface area is 277 Å². The van der Waals surface area contributed by atoms with Gasteiger partial charge in [0.05, 0.1) is 21.1 Å². The van der Waals surface area contributed by atoms with Crippen LogP contribution in [0.2, 0.25) is 0 Å². The number of aromatic nitrogens is 2. The lowest BCUT2D eigenvalue weighted by Gasteiger charge is -2.09. The first kappa shape index (κ1) is 30.4. The summed E-state index contributed by atoms with van der Waals surface area (Å²) >= 11 is 3.22. The number of thiophene rings is 2. The number of aliphatic imine (C=N–C) groups is 2. The van der Waals surface area contributed by atoms with Gasteiger partial charge in [-0.3, -0.25) is 0 Å². The van der Waals surface area contributed by atoms with Crippen LogP contribution in [0.1, 0.15) is 45.6 Å². The summed E-state index contributed by atoms with van der Waals surface area (Å²) in [6.07, 6.45) is 6.75. The number of likely N-dealkylation sites (N-methyl/N-ethyl adjacent to an activating group) is 2. The Kier molecular flexibility index (Phi) is 8.77. The lowest BCUT2D eigenvalue weighted by molar-refractivity contribution is 0.412. The largest absolute Gasteiger partial charge is 0.383 e. The van der Waals surface area contributed by atoms with Gasteiger partial charge in [-0.15, -0.1) is 22.7 Å². The second-order valence-corrected chi connectivity index (χ2v) is 14.3. The van der Waals surface area contributed by atoms with E-state index in [9.17, 15) is 0 Å². The quantitative estimate of drug-likeness (QED) is 0.112. The van der Waals surface area contributed by atoms with Crippen molar-refractivity contribution in [3.8, 4) is 0 Å². The molecule has 8 nitrogen and oxygen atoms in total. The SMILES string of the molecule is CN1CCC(c2c[nH]c3ccc(N=C(N)c4cccs4)cc23)C1.CN1CCC(c2c[nH]c3ccc(N=C(N)c4cccs4)cc23)C1. The maximum absolute atomic E-state index is 6.12. The maximum Gasteiger partial charge on any atom is 0.141 e. The Morgan fingerprint density at radius 3 is 1.52 bits per heavy atom. The summed E-state index contributed by atoms with van der Waals surface area (Å²) in [4.78, 5) is 22.8. The van der Waals surface area contributed by atoms with Gasteiger partial charge in [0, 0.05) is 47.3 Å². The molecular formula is C36H40N8S2. The van der Waals surface area contributed by atoms with Crippen molar-refractivity contribution in [2.45, 2.75) is 24.7 Å². The van der Waals surface area contributed by atoms with Crippen LogP contribution in [-0.2, 0) is 0 Å². The van der Waals surface area contributed by atoms with E-state index in [1.165, 1.54) is 58.9 Å². The number of nitrogens with one attached hydrogen (secondary N) is 2. The van der Waals surface area contributed by atoms with E-state index in [2.05, 4.69) is 80.5 Å². The summed E-state index contributed by atoms with van der Waals surface area (Å²) < 4.78 is 0. The molecular weight excluding hydrogens is 609 g/mol. The number of aromatic amines is 2. The fourth-order valence-corrected chi connectivity index (χ4v) is 7.94. The van der Waals surface area contributed by atoms with E-state index in [0.717, 1.165) is 34.2 Å². The van der Waals surface area contributed by atoms with Gasteiger partial charge in [0.25, 0.3) is 0 Å². The van der Waals surface area contributed by atoms with Crippen LogP contribution in [-0.4, -0.2) is 71.7 Å². The van der Waals surface area contributed by atoms with Crippen molar-refractivity contribution in [2.75, 3.05) is 40.3 Å². The van der Waals surface area contributed by atoms with Crippen molar-refractivity contribution in [3.63, 3.8) is 0 Å². The topological polar surface area (TPSA) is 115 Å². The van der Waals surface area contributed by atoms with Crippen molar-refractivity contribution in [1.82, 2.24) is 19.8 Å². The van der Waals surface area contributed by atoms with Crippen molar-refractivity contribution < 1.29 is 0 Å². The zero-order valence-electron chi connectivity index (χ0n) is 26.2. The van der Waals surface area contributed by atoms with Crippen LogP contribution >= 0.6 is 22.7 Å². The second-order valence-electron chi connectivity index (χ2n) is 12.4. The normalized spacial score (nSPS) is 19.7. The van der Waals surface area contributed by atoms with E-state index in [4.69, 9.17) is 11.5 Å². The monoisotopic (exact) mass is 648 g/mol. The molecule has 2 unspecified atom stereocenters. The molecule has 0 aliphatic carbocycles. The van der Waals surface area contributed by atoms with Crippen LogP contribution in [0.4, 0.5) is 11.4 Å². The number of hydrogen-bond acceptors (Lipinski definition) is 6. The van der Waals surface area contributed by atoms with Gasteiger partial charge in [-0.25, -0.2) is 9.98 Å². The van der Waals surface area contributed by atoms with Gasteiger partial charge in [-0.1, -0.05) is 12.1 Å². The Bertz CT molecular complexity index is 1840. The average Bonchev–Trinajstić information content (AvgIpc) is 3.90. The van der Waals surface area contributed by atoms with Crippen molar-refractivity contribution >= 4 is 67.5 Å². The predicted octanol–water partition coefficient (Wildman–Crippen LogP) is 7.37. The number of likely N-dealkylation sites (tertiary alicyclic amines) is 2. The molecule has 4 aromatic heterocycles. The minimum Gasteiger partial charge on any atom is -0.383 e. The number of benzene rings is 2. The molecule has 2 aromatic carbocycles. The van der Waals surface area contributed by atoms with E-state index in [1.807, 2.05) is 47.2 Å². The minimum atomic E-state index is 0.581. The molecule has 10 heteroatoms. The Morgan fingerprint density at radius 1 is 0.696 bits per heavy atom. The Balaban J connectivity index is 0.000000147. The van der Waals surface area contributed by atoms with E-state index in [1.54, 1.807) is 22.7 Å². The summed E-state index contributed by atoms with van der Waals surface area (Å²) in [5.74, 6) is 2.36. The summed E-state index contributed by atoms with van der Waals surface area (Å²) in [6, 6.07) is 20.5. The molecule has 46 heavy (non-hydrogen) atoms. The molecule has 236 valence electrons. The van der Waals surface area contributed by atoms with Gasteiger partial charge in [-0.05, 0) is 122 Å². The van der Waals surface area contributed by atoms with Gasteiger partial charge in [0.15, 0.2) is 0 Å². The third kappa shape index (κ3) is 6.52. The summed E-state index contributed by atoms with van der Waals surface area (Å²) in [6.45, 7) is 4.58. The van der Waals surface area contributed by atoms with Gasteiger partial charge in [-0.2, -0.15) is 0 Å². The number of fused-ring (bicyclic) bond motifs is 2. The lowest BCUT2D eigenvalue weighted by atomic mass is 9.98. The molecule has 8 rings (SSSR count). The van der Waals surface area contributed by atoms with Crippen LogP contribution < -0.4 is 11.5 Å². The fourth-order valence-electron chi connectivity index (χ4n) is 6.69. The average molecular weight is 649 g/mol. The van der Waals surface area contributed by atoms with Crippen LogP contribution in [0.3, 0.4) is 0 Å². The third-order valence-electron chi connectivity index (χ3n) is 9.10. The zero-order chi connectivity index (χ0) is 31.6. The molecule has 6 heterocycles. The summed E-state index contributed by atoms with van der Waals surface area (Å²) in [5.41, 5.74) is 19.2. The first-order chi connectivity index (χ1) is 22.4. The van der Waals surface area contributed by atoms with Crippen molar-refractivity contribution in [2.24, 2.45) is 21.5 Å². The number of rotatable bonds is 6. The number of hydrogen-bond donors (Lipinski definition) is 4. The van der Waals surface area contributed by atoms with Crippen LogP contribution in [0.25, 0.3) is 21.8 Å².